The molecule has 0 saturated carbocycles. The number of phenols is 2. The summed E-state index contributed by atoms with van der Waals surface area (Å²) in [6.45, 7) is 2.98. The standard InChI is InChI=1S/C17H24O9/c1-7(2)3-9(20)13-10(21)4-8(19)5-11(13)25-17-16(24)15(23)14(22)12(6-18)26-17/h4-5,7,12,14-19,21-24H,3,6H2,1-2H3. The van der Waals surface area contributed by atoms with E-state index in [4.69, 9.17) is 9.47 Å². The van der Waals surface area contributed by atoms with Crippen LogP contribution in [0.5, 0.6) is 17.2 Å². The molecule has 26 heavy (non-hydrogen) atoms. The maximum atomic E-state index is 12.4. The molecule has 9 heteroatoms. The summed E-state index contributed by atoms with van der Waals surface area (Å²) < 4.78 is 10.6. The molecule has 0 radical (unpaired) electrons. The third-order valence-corrected chi connectivity index (χ3v) is 4.03. The molecule has 1 aliphatic rings. The molecule has 1 aliphatic heterocycles. The molecule has 5 atom stereocenters. The molecule has 5 unspecified atom stereocenters. The highest BCUT2D eigenvalue weighted by Crippen LogP contribution is 2.36. The number of aromatic hydroxyl groups is 2. The van der Waals surface area contributed by atoms with Gasteiger partial charge in [0.2, 0.25) is 6.29 Å². The molecule has 1 aromatic carbocycles. The van der Waals surface area contributed by atoms with Gasteiger partial charge in [-0.15, -0.1) is 0 Å². The summed E-state index contributed by atoms with van der Waals surface area (Å²) in [4.78, 5) is 12.4. The predicted molar refractivity (Wildman–Crippen MR) is 88.0 cm³/mol. The van der Waals surface area contributed by atoms with E-state index in [0.717, 1.165) is 12.1 Å². The molecule has 0 bridgehead atoms. The van der Waals surface area contributed by atoms with Crippen molar-refractivity contribution in [2.24, 2.45) is 5.92 Å². The van der Waals surface area contributed by atoms with E-state index < -0.39 is 48.8 Å². The largest absolute Gasteiger partial charge is 0.508 e. The number of benzene rings is 1. The van der Waals surface area contributed by atoms with Crippen molar-refractivity contribution >= 4 is 5.78 Å². The number of phenolic OH excluding ortho intramolecular Hbond substituents is 2. The zero-order valence-corrected chi connectivity index (χ0v) is 14.4. The molecule has 1 heterocycles. The first-order valence-corrected chi connectivity index (χ1v) is 8.22. The number of rotatable bonds is 6. The van der Waals surface area contributed by atoms with Crippen LogP contribution in [0.4, 0.5) is 0 Å². The van der Waals surface area contributed by atoms with Crippen molar-refractivity contribution in [3.05, 3.63) is 17.7 Å². The minimum Gasteiger partial charge on any atom is -0.508 e. The van der Waals surface area contributed by atoms with Gasteiger partial charge in [-0.05, 0) is 5.92 Å². The lowest BCUT2D eigenvalue weighted by Crippen LogP contribution is -2.60. The molecule has 0 spiro atoms. The highest BCUT2D eigenvalue weighted by molar-refractivity contribution is 6.01. The Morgan fingerprint density at radius 3 is 2.38 bits per heavy atom. The quantitative estimate of drug-likeness (QED) is 0.362. The molecular formula is C17H24O9. The van der Waals surface area contributed by atoms with Gasteiger partial charge in [0.1, 0.15) is 47.2 Å². The Morgan fingerprint density at radius 1 is 1.15 bits per heavy atom. The number of ether oxygens (including phenoxy) is 2. The molecule has 1 saturated heterocycles. The van der Waals surface area contributed by atoms with Crippen LogP contribution in [-0.2, 0) is 4.74 Å². The van der Waals surface area contributed by atoms with Crippen LogP contribution in [0.1, 0.15) is 30.6 Å². The molecule has 9 nitrogen and oxygen atoms in total. The van der Waals surface area contributed by atoms with Crippen LogP contribution >= 0.6 is 0 Å². The topological polar surface area (TPSA) is 157 Å². The Labute approximate surface area is 150 Å². The predicted octanol–water partition coefficient (Wildman–Crippen LogP) is -0.495. The summed E-state index contributed by atoms with van der Waals surface area (Å²) >= 11 is 0. The third-order valence-electron chi connectivity index (χ3n) is 4.03. The number of Topliss-reactive ketones (excluding diaryl/α,β-unsaturated/α-hetero) is 1. The fourth-order valence-corrected chi connectivity index (χ4v) is 2.72. The van der Waals surface area contributed by atoms with Gasteiger partial charge in [-0.1, -0.05) is 13.8 Å². The lowest BCUT2D eigenvalue weighted by molar-refractivity contribution is -0.277. The summed E-state index contributed by atoms with van der Waals surface area (Å²) in [5.41, 5.74) is -0.200. The van der Waals surface area contributed by atoms with E-state index in [-0.39, 0.29) is 29.4 Å². The number of ketones is 1. The van der Waals surface area contributed by atoms with Crippen molar-refractivity contribution < 1.29 is 44.9 Å². The molecular weight excluding hydrogens is 348 g/mol. The Bertz CT molecular complexity index is 643. The molecule has 0 aromatic heterocycles. The van der Waals surface area contributed by atoms with Crippen molar-refractivity contribution in [1.82, 2.24) is 0 Å². The second-order valence-electron chi connectivity index (χ2n) is 6.67. The fraction of sp³-hybridized carbons (Fsp3) is 0.588. The second kappa shape index (κ2) is 8.19. The number of hydrogen-bond acceptors (Lipinski definition) is 9. The lowest BCUT2D eigenvalue weighted by Gasteiger charge is -2.39. The highest BCUT2D eigenvalue weighted by atomic mass is 16.7. The Morgan fingerprint density at radius 2 is 1.81 bits per heavy atom. The van der Waals surface area contributed by atoms with E-state index in [0.29, 0.717) is 0 Å². The van der Waals surface area contributed by atoms with Crippen molar-refractivity contribution in [2.45, 2.75) is 51.0 Å². The first-order chi connectivity index (χ1) is 12.1. The van der Waals surface area contributed by atoms with Gasteiger partial charge in [-0.25, -0.2) is 0 Å². The van der Waals surface area contributed by atoms with Gasteiger partial charge in [0.15, 0.2) is 5.78 Å². The number of hydrogen-bond donors (Lipinski definition) is 6. The van der Waals surface area contributed by atoms with Gasteiger partial charge < -0.3 is 40.1 Å². The average Bonchev–Trinajstić information content (AvgIpc) is 2.54. The Hall–Kier alpha value is -1.91. The monoisotopic (exact) mass is 372 g/mol. The minimum absolute atomic E-state index is 0.00388. The number of aliphatic hydroxyl groups is 4. The molecule has 6 N–H and O–H groups in total. The van der Waals surface area contributed by atoms with Crippen LogP contribution < -0.4 is 4.74 Å². The summed E-state index contributed by atoms with van der Waals surface area (Å²) in [5.74, 6) is -1.59. The van der Waals surface area contributed by atoms with Crippen LogP contribution in [-0.4, -0.2) is 73.7 Å². The van der Waals surface area contributed by atoms with Crippen molar-refractivity contribution in [3.63, 3.8) is 0 Å². The number of carbonyl (C=O) groups excluding carboxylic acids is 1. The molecule has 0 aliphatic carbocycles. The first kappa shape index (κ1) is 20.4. The Balaban J connectivity index is 2.34. The Kier molecular flexibility index (Phi) is 6.43. The molecule has 1 aromatic rings. The molecule has 2 rings (SSSR count). The SMILES string of the molecule is CC(C)CC(=O)c1c(O)cc(O)cc1OC1OC(CO)C(O)C(O)C1O. The van der Waals surface area contributed by atoms with Crippen LogP contribution in [0.15, 0.2) is 12.1 Å². The maximum Gasteiger partial charge on any atom is 0.229 e. The van der Waals surface area contributed by atoms with E-state index >= 15 is 0 Å². The third kappa shape index (κ3) is 4.25. The molecule has 0 amide bonds. The summed E-state index contributed by atoms with van der Waals surface area (Å²) in [6.07, 6.45) is -7.55. The first-order valence-electron chi connectivity index (χ1n) is 8.22. The summed E-state index contributed by atoms with van der Waals surface area (Å²) in [6, 6.07) is 2.04. The van der Waals surface area contributed by atoms with Gasteiger partial charge in [-0.2, -0.15) is 0 Å². The fourth-order valence-electron chi connectivity index (χ4n) is 2.72. The van der Waals surface area contributed by atoms with Crippen molar-refractivity contribution in [3.8, 4) is 17.2 Å². The van der Waals surface area contributed by atoms with Crippen LogP contribution in [0.3, 0.4) is 0 Å². The van der Waals surface area contributed by atoms with Gasteiger partial charge >= 0.3 is 0 Å². The highest BCUT2D eigenvalue weighted by Gasteiger charge is 2.45. The number of carbonyl (C=O) groups is 1. The van der Waals surface area contributed by atoms with Gasteiger partial charge in [-0.3, -0.25) is 4.79 Å². The van der Waals surface area contributed by atoms with E-state index in [1.165, 1.54) is 0 Å². The number of aliphatic hydroxyl groups excluding tert-OH is 4. The van der Waals surface area contributed by atoms with Gasteiger partial charge in [0, 0.05) is 18.6 Å². The van der Waals surface area contributed by atoms with Crippen LogP contribution in [0.2, 0.25) is 0 Å². The second-order valence-corrected chi connectivity index (χ2v) is 6.67. The molecule has 1 fully saturated rings. The van der Waals surface area contributed by atoms with Crippen LogP contribution in [0, 0.1) is 5.92 Å². The van der Waals surface area contributed by atoms with E-state index in [1.807, 2.05) is 13.8 Å². The van der Waals surface area contributed by atoms with Crippen LogP contribution in [0.25, 0.3) is 0 Å². The zero-order valence-electron chi connectivity index (χ0n) is 14.4. The minimum atomic E-state index is -1.69. The van der Waals surface area contributed by atoms with E-state index in [9.17, 15) is 35.4 Å². The summed E-state index contributed by atoms with van der Waals surface area (Å²) in [7, 11) is 0. The van der Waals surface area contributed by atoms with Crippen molar-refractivity contribution in [2.75, 3.05) is 6.61 Å². The average molecular weight is 372 g/mol. The van der Waals surface area contributed by atoms with Gasteiger partial charge in [0.25, 0.3) is 0 Å². The van der Waals surface area contributed by atoms with E-state index in [2.05, 4.69) is 0 Å². The maximum absolute atomic E-state index is 12.4. The van der Waals surface area contributed by atoms with Gasteiger partial charge in [0.05, 0.1) is 6.61 Å². The zero-order chi connectivity index (χ0) is 19.6. The normalized spacial score (nSPS) is 29.0. The molecule has 146 valence electrons. The van der Waals surface area contributed by atoms with Crippen molar-refractivity contribution in [1.29, 1.82) is 0 Å². The van der Waals surface area contributed by atoms with E-state index in [1.54, 1.807) is 0 Å². The summed E-state index contributed by atoms with van der Waals surface area (Å²) in [5, 5.41) is 58.6. The smallest absolute Gasteiger partial charge is 0.229 e. The lowest BCUT2D eigenvalue weighted by atomic mass is 9.98.